The van der Waals surface area contributed by atoms with Crippen molar-refractivity contribution in [2.24, 2.45) is 0 Å². The minimum absolute atomic E-state index is 0.0381. The van der Waals surface area contributed by atoms with Crippen molar-refractivity contribution in [3.8, 4) is 0 Å². The highest BCUT2D eigenvalue weighted by molar-refractivity contribution is 6.00. The molecule has 0 aliphatic carbocycles. The molecule has 0 radical (unpaired) electrons. The summed E-state index contributed by atoms with van der Waals surface area (Å²) in [5.74, 6) is -1.56. The summed E-state index contributed by atoms with van der Waals surface area (Å²) >= 11 is 0. The fourth-order valence-corrected chi connectivity index (χ4v) is 4.57. The van der Waals surface area contributed by atoms with Crippen molar-refractivity contribution in [1.29, 1.82) is 0 Å². The van der Waals surface area contributed by atoms with E-state index in [1.54, 1.807) is 38.4 Å². The zero-order chi connectivity index (χ0) is 27.9. The molecule has 10 nitrogen and oxygen atoms in total. The maximum Gasteiger partial charge on any atom is 0.337 e. The minimum Gasteiger partial charge on any atom is -0.466 e. The molecule has 4 rings (SSSR count). The summed E-state index contributed by atoms with van der Waals surface area (Å²) in [7, 11) is 1.22. The van der Waals surface area contributed by atoms with E-state index in [2.05, 4.69) is 15.3 Å². The highest BCUT2D eigenvalue weighted by Crippen LogP contribution is 2.42. The van der Waals surface area contributed by atoms with Gasteiger partial charge in [0.25, 0.3) is 5.69 Å². The van der Waals surface area contributed by atoms with E-state index in [1.165, 1.54) is 25.3 Å². The second-order valence-electron chi connectivity index (χ2n) is 8.90. The molecular weight excluding hydrogens is 500 g/mol. The van der Waals surface area contributed by atoms with Crippen LogP contribution in [0.5, 0.6) is 0 Å². The number of hydrogen-bond donors (Lipinski definition) is 2. The van der Waals surface area contributed by atoms with E-state index in [-0.39, 0.29) is 29.0 Å². The molecule has 1 aromatic heterocycles. The van der Waals surface area contributed by atoms with E-state index in [0.717, 1.165) is 17.0 Å². The van der Waals surface area contributed by atoms with Crippen molar-refractivity contribution >= 4 is 23.7 Å². The van der Waals surface area contributed by atoms with E-state index in [1.807, 2.05) is 30.3 Å². The zero-order valence-corrected chi connectivity index (χ0v) is 21.8. The molecule has 1 aliphatic heterocycles. The van der Waals surface area contributed by atoms with Gasteiger partial charge < -0.3 is 19.8 Å². The SMILES string of the molecule is COC(=O)C1=C(C)NC(C)=C(C(=O)OCC=Cc2ccc(Cc3ncc[nH]3)cc2)C1c1ccccc1[N+](=O)[O-]. The molecule has 0 fully saturated rings. The monoisotopic (exact) mass is 528 g/mol. The van der Waals surface area contributed by atoms with Crippen LogP contribution >= 0.6 is 0 Å². The Bertz CT molecular complexity index is 1470. The first-order valence-corrected chi connectivity index (χ1v) is 12.2. The molecule has 10 heteroatoms. The van der Waals surface area contributed by atoms with Gasteiger partial charge in [-0.1, -0.05) is 48.5 Å². The average Bonchev–Trinajstić information content (AvgIpc) is 3.44. The number of carbonyl (C=O) groups excluding carboxylic acids is 2. The number of nitro groups is 1. The number of allylic oxidation sites excluding steroid dienone is 2. The normalized spacial score (nSPS) is 15.3. The minimum atomic E-state index is -1.04. The molecule has 0 amide bonds. The van der Waals surface area contributed by atoms with Gasteiger partial charge in [-0.05, 0) is 31.1 Å². The van der Waals surface area contributed by atoms with Gasteiger partial charge in [-0.2, -0.15) is 0 Å². The molecule has 2 aromatic carbocycles. The lowest BCUT2D eigenvalue weighted by Crippen LogP contribution is -2.32. The van der Waals surface area contributed by atoms with Crippen LogP contribution in [0, 0.1) is 10.1 Å². The van der Waals surface area contributed by atoms with Crippen LogP contribution in [0.1, 0.15) is 42.3 Å². The second-order valence-corrected chi connectivity index (χ2v) is 8.90. The predicted octanol–water partition coefficient (Wildman–Crippen LogP) is 4.57. The van der Waals surface area contributed by atoms with Crippen LogP contribution in [0.3, 0.4) is 0 Å². The number of nitrogens with zero attached hydrogens (tertiary/aromatic N) is 2. The standard InChI is InChI=1S/C29H28N4O6/c1-18-25(28(34)38-3)27(22-8-4-5-9-23(22)33(36)37)26(19(2)32-18)29(35)39-16-6-7-20-10-12-21(13-11-20)17-24-30-14-15-31-24/h4-15,27,32H,16-17H2,1-3H3,(H,30,31). The highest BCUT2D eigenvalue weighted by atomic mass is 16.6. The Balaban J connectivity index is 1.53. The molecule has 0 saturated carbocycles. The van der Waals surface area contributed by atoms with Gasteiger partial charge in [-0.25, -0.2) is 14.6 Å². The fraction of sp³-hybridized carbons (Fsp3) is 0.207. The first-order chi connectivity index (χ1) is 18.8. The number of dihydropyridines is 1. The number of benzene rings is 2. The van der Waals surface area contributed by atoms with Gasteiger partial charge in [0, 0.05) is 41.8 Å². The summed E-state index contributed by atoms with van der Waals surface area (Å²) in [6, 6.07) is 13.9. The first kappa shape index (κ1) is 27.1. The first-order valence-electron chi connectivity index (χ1n) is 12.2. The van der Waals surface area contributed by atoms with Gasteiger partial charge in [0.1, 0.15) is 12.4 Å². The number of esters is 2. The molecule has 1 unspecified atom stereocenters. The lowest BCUT2D eigenvalue weighted by Gasteiger charge is -2.30. The van der Waals surface area contributed by atoms with E-state index in [9.17, 15) is 19.7 Å². The Hall–Kier alpha value is -4.99. The number of hydrogen-bond acceptors (Lipinski definition) is 8. The number of carbonyl (C=O) groups is 2. The lowest BCUT2D eigenvalue weighted by atomic mass is 9.79. The van der Waals surface area contributed by atoms with Crippen molar-refractivity contribution in [3.63, 3.8) is 0 Å². The van der Waals surface area contributed by atoms with Crippen molar-refractivity contribution in [2.45, 2.75) is 26.2 Å². The topological polar surface area (TPSA) is 136 Å². The predicted molar refractivity (Wildman–Crippen MR) is 144 cm³/mol. The van der Waals surface area contributed by atoms with Crippen LogP contribution in [0.25, 0.3) is 6.08 Å². The molecule has 0 spiro atoms. The molecule has 200 valence electrons. The number of H-pyrrole nitrogens is 1. The molecule has 1 atom stereocenters. The number of para-hydroxylation sites is 1. The van der Waals surface area contributed by atoms with E-state index in [0.29, 0.717) is 17.8 Å². The number of ether oxygens (including phenoxy) is 2. The molecular formula is C29H28N4O6. The second kappa shape index (κ2) is 12.0. The molecule has 1 aliphatic rings. The molecule has 2 heterocycles. The lowest BCUT2D eigenvalue weighted by molar-refractivity contribution is -0.385. The Morgan fingerprint density at radius 1 is 1.05 bits per heavy atom. The third-order valence-electron chi connectivity index (χ3n) is 6.36. The van der Waals surface area contributed by atoms with Crippen LogP contribution in [0.2, 0.25) is 0 Å². The number of methoxy groups -OCH3 is 1. The highest BCUT2D eigenvalue weighted by Gasteiger charge is 2.40. The van der Waals surface area contributed by atoms with Gasteiger partial charge >= 0.3 is 11.9 Å². The number of nitrogens with one attached hydrogen (secondary N) is 2. The van der Waals surface area contributed by atoms with Crippen molar-refractivity contribution in [1.82, 2.24) is 15.3 Å². The Morgan fingerprint density at radius 2 is 1.74 bits per heavy atom. The largest absolute Gasteiger partial charge is 0.466 e. The molecule has 0 saturated heterocycles. The molecule has 0 bridgehead atoms. The maximum absolute atomic E-state index is 13.3. The third kappa shape index (κ3) is 6.12. The molecule has 2 N–H and O–H groups in total. The van der Waals surface area contributed by atoms with E-state index >= 15 is 0 Å². The number of rotatable bonds is 9. The van der Waals surface area contributed by atoms with Gasteiger partial charge in [-0.3, -0.25) is 10.1 Å². The Kier molecular flexibility index (Phi) is 8.35. The maximum atomic E-state index is 13.3. The van der Waals surface area contributed by atoms with E-state index in [4.69, 9.17) is 9.47 Å². The van der Waals surface area contributed by atoms with Crippen LogP contribution in [0.4, 0.5) is 5.69 Å². The van der Waals surface area contributed by atoms with Gasteiger partial charge in [-0.15, -0.1) is 0 Å². The van der Waals surface area contributed by atoms with Crippen LogP contribution in [-0.4, -0.2) is 40.5 Å². The van der Waals surface area contributed by atoms with Crippen LogP contribution in [-0.2, 0) is 25.5 Å². The summed E-state index contributed by atoms with van der Waals surface area (Å²) in [6.07, 6.45) is 7.72. The number of imidazole rings is 1. The summed E-state index contributed by atoms with van der Waals surface area (Å²) in [4.78, 5) is 44.7. The quantitative estimate of drug-likeness (QED) is 0.234. The molecule has 39 heavy (non-hydrogen) atoms. The van der Waals surface area contributed by atoms with Crippen molar-refractivity contribution in [2.75, 3.05) is 13.7 Å². The summed E-state index contributed by atoms with van der Waals surface area (Å²) in [5, 5.41) is 14.8. The van der Waals surface area contributed by atoms with Crippen molar-refractivity contribution in [3.05, 3.63) is 122 Å². The number of nitro benzene ring substituents is 1. The third-order valence-corrected chi connectivity index (χ3v) is 6.36. The van der Waals surface area contributed by atoms with Crippen LogP contribution < -0.4 is 5.32 Å². The number of aromatic nitrogens is 2. The summed E-state index contributed by atoms with van der Waals surface area (Å²) in [5.41, 5.74) is 3.09. The Morgan fingerprint density at radius 3 is 2.38 bits per heavy atom. The average molecular weight is 529 g/mol. The smallest absolute Gasteiger partial charge is 0.337 e. The summed E-state index contributed by atoms with van der Waals surface area (Å²) in [6.45, 7) is 3.28. The number of aromatic amines is 1. The summed E-state index contributed by atoms with van der Waals surface area (Å²) < 4.78 is 10.5. The van der Waals surface area contributed by atoms with Gasteiger partial charge in [0.2, 0.25) is 0 Å². The zero-order valence-electron chi connectivity index (χ0n) is 21.8. The van der Waals surface area contributed by atoms with Gasteiger partial charge in [0.15, 0.2) is 0 Å². The Labute approximate surface area is 225 Å². The van der Waals surface area contributed by atoms with E-state index < -0.39 is 22.8 Å². The van der Waals surface area contributed by atoms with Crippen molar-refractivity contribution < 1.29 is 24.0 Å². The van der Waals surface area contributed by atoms with Crippen LogP contribution in [0.15, 0.2) is 89.5 Å². The van der Waals surface area contributed by atoms with Gasteiger partial charge in [0.05, 0.1) is 29.1 Å². The fourth-order valence-electron chi connectivity index (χ4n) is 4.57. The molecule has 3 aromatic rings.